The molecule has 2 unspecified atom stereocenters. The molecule has 1 saturated heterocycles. The topological polar surface area (TPSA) is 32.7 Å². The van der Waals surface area contributed by atoms with Crippen molar-refractivity contribution in [3.8, 4) is 0 Å². The number of nitrogens with zero attached hydrogens (tertiary/aromatic N) is 1. The molecule has 3 nitrogen and oxygen atoms in total. The maximum Gasteiger partial charge on any atom is 0.126 e. The summed E-state index contributed by atoms with van der Waals surface area (Å²) in [7, 11) is 1.97. The molecule has 1 aliphatic heterocycles. The first-order chi connectivity index (χ1) is 10.0. The summed E-state index contributed by atoms with van der Waals surface area (Å²) in [6.45, 7) is 2.30. The number of likely N-dealkylation sites (N-methyl/N-ethyl adjacent to an activating group) is 1. The Balaban J connectivity index is 1.78. The van der Waals surface area contributed by atoms with Crippen molar-refractivity contribution in [2.45, 2.75) is 37.9 Å². The third kappa shape index (κ3) is 5.34. The number of hydrogen-bond acceptors (Lipinski definition) is 3. The van der Waals surface area contributed by atoms with E-state index in [1.807, 2.05) is 7.05 Å². The molecule has 1 aliphatic rings. The fraction of sp³-hybridized carbons (Fsp3) is 0.625. The molecule has 1 aromatic carbocycles. The van der Waals surface area contributed by atoms with E-state index in [2.05, 4.69) is 4.90 Å². The molecule has 0 saturated carbocycles. The molecule has 118 valence electrons. The molecule has 0 bridgehead atoms. The van der Waals surface area contributed by atoms with Gasteiger partial charge in [0.15, 0.2) is 0 Å². The van der Waals surface area contributed by atoms with E-state index >= 15 is 0 Å². The third-order valence-electron chi connectivity index (χ3n) is 3.84. The highest BCUT2D eigenvalue weighted by molar-refractivity contribution is 5.20. The molecular formula is C16H23F2NO2. The summed E-state index contributed by atoms with van der Waals surface area (Å²) >= 11 is 0. The molecule has 0 radical (unpaired) electrons. The summed E-state index contributed by atoms with van der Waals surface area (Å²) in [6.07, 6.45) is 3.24. The fourth-order valence-corrected chi connectivity index (χ4v) is 2.67. The van der Waals surface area contributed by atoms with Gasteiger partial charge in [-0.05, 0) is 50.4 Å². The van der Waals surface area contributed by atoms with Gasteiger partial charge in [-0.15, -0.1) is 0 Å². The molecule has 0 aromatic heterocycles. The van der Waals surface area contributed by atoms with Crippen LogP contribution in [0.1, 0.15) is 37.4 Å². The summed E-state index contributed by atoms with van der Waals surface area (Å²) in [5.41, 5.74) is 0.287. The van der Waals surface area contributed by atoms with Crippen LogP contribution in [0.5, 0.6) is 0 Å². The molecule has 0 amide bonds. The highest BCUT2D eigenvalue weighted by Crippen LogP contribution is 2.20. The van der Waals surface area contributed by atoms with Gasteiger partial charge in [0.1, 0.15) is 11.6 Å². The van der Waals surface area contributed by atoms with Gasteiger partial charge in [-0.1, -0.05) is 0 Å². The number of aliphatic hydroxyl groups is 1. The van der Waals surface area contributed by atoms with Gasteiger partial charge in [-0.3, -0.25) is 0 Å². The van der Waals surface area contributed by atoms with E-state index in [0.717, 1.165) is 32.1 Å². The average molecular weight is 299 g/mol. The smallest absolute Gasteiger partial charge is 0.126 e. The number of aliphatic hydroxyl groups excluding tert-OH is 1. The molecule has 5 heteroatoms. The minimum atomic E-state index is -0.857. The Hall–Kier alpha value is -1.04. The van der Waals surface area contributed by atoms with Crippen molar-refractivity contribution in [1.82, 2.24) is 4.90 Å². The highest BCUT2D eigenvalue weighted by atomic mass is 19.1. The molecule has 0 spiro atoms. The van der Waals surface area contributed by atoms with Gasteiger partial charge in [0.2, 0.25) is 0 Å². The van der Waals surface area contributed by atoms with Crippen LogP contribution < -0.4 is 0 Å². The van der Waals surface area contributed by atoms with Crippen LogP contribution in [-0.2, 0) is 4.74 Å². The average Bonchev–Trinajstić information content (AvgIpc) is 2.45. The van der Waals surface area contributed by atoms with Gasteiger partial charge in [0, 0.05) is 25.8 Å². The maximum atomic E-state index is 13.1. The highest BCUT2D eigenvalue weighted by Gasteiger charge is 2.17. The minimum absolute atomic E-state index is 0.257. The summed E-state index contributed by atoms with van der Waals surface area (Å²) in [6, 6.07) is 3.17. The zero-order valence-electron chi connectivity index (χ0n) is 12.4. The van der Waals surface area contributed by atoms with Crippen molar-refractivity contribution >= 4 is 0 Å². The monoisotopic (exact) mass is 299 g/mol. The second-order valence-corrected chi connectivity index (χ2v) is 5.76. The lowest BCUT2D eigenvalue weighted by molar-refractivity contribution is -0.00328. The number of benzene rings is 1. The van der Waals surface area contributed by atoms with Gasteiger partial charge < -0.3 is 14.7 Å². The zero-order valence-corrected chi connectivity index (χ0v) is 12.4. The summed E-state index contributed by atoms with van der Waals surface area (Å²) in [5, 5.41) is 10.0. The van der Waals surface area contributed by atoms with E-state index in [-0.39, 0.29) is 11.7 Å². The van der Waals surface area contributed by atoms with Gasteiger partial charge in [-0.25, -0.2) is 8.78 Å². The fourth-order valence-electron chi connectivity index (χ4n) is 2.67. The Morgan fingerprint density at radius 2 is 2.00 bits per heavy atom. The Bertz CT molecular complexity index is 430. The Morgan fingerprint density at radius 1 is 1.29 bits per heavy atom. The summed E-state index contributed by atoms with van der Waals surface area (Å²) in [4.78, 5) is 2.09. The largest absolute Gasteiger partial charge is 0.388 e. The molecule has 2 atom stereocenters. The molecule has 2 rings (SSSR count). The maximum absolute atomic E-state index is 13.1. The van der Waals surface area contributed by atoms with Gasteiger partial charge in [0.05, 0.1) is 12.2 Å². The molecule has 0 aliphatic carbocycles. The third-order valence-corrected chi connectivity index (χ3v) is 3.84. The summed E-state index contributed by atoms with van der Waals surface area (Å²) in [5.74, 6) is -1.32. The minimum Gasteiger partial charge on any atom is -0.388 e. The van der Waals surface area contributed by atoms with E-state index in [9.17, 15) is 13.9 Å². The second-order valence-electron chi connectivity index (χ2n) is 5.76. The van der Waals surface area contributed by atoms with E-state index in [1.165, 1.54) is 18.6 Å². The first-order valence-corrected chi connectivity index (χ1v) is 7.49. The van der Waals surface area contributed by atoms with Crippen molar-refractivity contribution in [3.05, 3.63) is 35.4 Å². The molecule has 1 aromatic rings. The van der Waals surface area contributed by atoms with Crippen molar-refractivity contribution in [1.29, 1.82) is 0 Å². The molecule has 1 fully saturated rings. The normalized spacial score (nSPS) is 20.7. The van der Waals surface area contributed by atoms with E-state index in [1.54, 1.807) is 0 Å². The quantitative estimate of drug-likeness (QED) is 0.876. The van der Waals surface area contributed by atoms with Crippen LogP contribution in [0.3, 0.4) is 0 Å². The molecule has 21 heavy (non-hydrogen) atoms. The van der Waals surface area contributed by atoms with Crippen LogP contribution >= 0.6 is 0 Å². The van der Waals surface area contributed by atoms with Crippen LogP contribution in [-0.4, -0.2) is 42.9 Å². The molecule has 1 heterocycles. The lowest BCUT2D eigenvalue weighted by Crippen LogP contribution is -2.34. The zero-order chi connectivity index (χ0) is 15.2. The first-order valence-electron chi connectivity index (χ1n) is 7.49. The summed E-state index contributed by atoms with van der Waals surface area (Å²) < 4.78 is 31.9. The predicted octanol–water partition coefficient (Wildman–Crippen LogP) is 2.89. The SMILES string of the molecule is CN(CCC(O)c1cc(F)cc(F)c1)CC1CCCCO1. The number of halogens is 2. The Labute approximate surface area is 124 Å². The lowest BCUT2D eigenvalue weighted by atomic mass is 10.1. The van der Waals surface area contributed by atoms with E-state index < -0.39 is 17.7 Å². The number of rotatable bonds is 6. The van der Waals surface area contributed by atoms with E-state index in [4.69, 9.17) is 4.74 Å². The van der Waals surface area contributed by atoms with Crippen LogP contribution in [0, 0.1) is 11.6 Å². The number of ether oxygens (including phenoxy) is 1. The first kappa shape index (κ1) is 16.3. The second kappa shape index (κ2) is 7.82. The van der Waals surface area contributed by atoms with Crippen molar-refractivity contribution in [2.24, 2.45) is 0 Å². The van der Waals surface area contributed by atoms with Gasteiger partial charge in [-0.2, -0.15) is 0 Å². The number of hydrogen-bond donors (Lipinski definition) is 1. The van der Waals surface area contributed by atoms with Crippen molar-refractivity contribution in [2.75, 3.05) is 26.7 Å². The van der Waals surface area contributed by atoms with Crippen LogP contribution in [0.4, 0.5) is 8.78 Å². The predicted molar refractivity (Wildman–Crippen MR) is 77.0 cm³/mol. The molecular weight excluding hydrogens is 276 g/mol. The van der Waals surface area contributed by atoms with Crippen LogP contribution in [0.2, 0.25) is 0 Å². The van der Waals surface area contributed by atoms with Crippen molar-refractivity contribution < 1.29 is 18.6 Å². The Kier molecular flexibility index (Phi) is 6.08. The Morgan fingerprint density at radius 3 is 2.62 bits per heavy atom. The van der Waals surface area contributed by atoms with E-state index in [0.29, 0.717) is 13.0 Å². The lowest BCUT2D eigenvalue weighted by Gasteiger charge is -2.27. The van der Waals surface area contributed by atoms with Crippen LogP contribution in [0.15, 0.2) is 18.2 Å². The molecule has 1 N–H and O–H groups in total. The van der Waals surface area contributed by atoms with Gasteiger partial charge in [0.25, 0.3) is 0 Å². The van der Waals surface area contributed by atoms with Crippen LogP contribution in [0.25, 0.3) is 0 Å². The van der Waals surface area contributed by atoms with Gasteiger partial charge >= 0.3 is 0 Å². The standard InChI is InChI=1S/C16H23F2NO2/c1-19(11-15-4-2-3-7-21-15)6-5-16(20)12-8-13(17)10-14(18)9-12/h8-10,15-16,20H,2-7,11H2,1H3. The van der Waals surface area contributed by atoms with Crippen molar-refractivity contribution in [3.63, 3.8) is 0 Å².